The number of ether oxygens (including phenoxy) is 1. The molecule has 2 aliphatic heterocycles. The van der Waals surface area contributed by atoms with Gasteiger partial charge in [0, 0.05) is 35.8 Å². The summed E-state index contributed by atoms with van der Waals surface area (Å²) in [5, 5.41) is 14.2. The molecule has 0 amide bonds. The van der Waals surface area contributed by atoms with Crippen molar-refractivity contribution in [2.75, 3.05) is 13.7 Å². The molecule has 4 rings (SSSR count). The molecule has 0 spiro atoms. The minimum Gasteiger partial charge on any atom is -0.496 e. The quantitative estimate of drug-likeness (QED) is 0.890. The molecule has 1 aromatic carbocycles. The van der Waals surface area contributed by atoms with Gasteiger partial charge in [0.15, 0.2) is 0 Å². The summed E-state index contributed by atoms with van der Waals surface area (Å²) < 4.78 is 7.70. The molecule has 1 fully saturated rings. The van der Waals surface area contributed by atoms with Crippen molar-refractivity contribution < 1.29 is 9.84 Å². The van der Waals surface area contributed by atoms with E-state index in [-0.39, 0.29) is 17.9 Å². The second kappa shape index (κ2) is 5.76. The lowest BCUT2D eigenvalue weighted by Crippen LogP contribution is -2.48. The second-order valence-electron chi connectivity index (χ2n) is 6.65. The van der Waals surface area contributed by atoms with Gasteiger partial charge in [-0.15, -0.1) is 0 Å². The van der Waals surface area contributed by atoms with E-state index in [1.807, 2.05) is 25.1 Å². The van der Waals surface area contributed by atoms with Crippen LogP contribution in [0.4, 0.5) is 0 Å². The molecule has 1 saturated heterocycles. The zero-order valence-electron chi connectivity index (χ0n) is 14.2. The molecule has 0 radical (unpaired) electrons. The van der Waals surface area contributed by atoms with Crippen LogP contribution < -0.4 is 10.1 Å². The van der Waals surface area contributed by atoms with Gasteiger partial charge in [0.25, 0.3) is 0 Å². The molecule has 5 nitrogen and oxygen atoms in total. The number of aromatic nitrogens is 2. The molecule has 5 heteroatoms. The summed E-state index contributed by atoms with van der Waals surface area (Å²) in [6.45, 7) is 4.67. The Labute approximate surface area is 142 Å². The molecule has 2 aromatic rings. The number of rotatable bonds is 2. The topological polar surface area (TPSA) is 59.3 Å². The Morgan fingerprint density at radius 2 is 2.08 bits per heavy atom. The first-order chi connectivity index (χ1) is 11.6. The van der Waals surface area contributed by atoms with Crippen molar-refractivity contribution >= 4 is 6.20 Å². The third kappa shape index (κ3) is 2.19. The maximum atomic E-state index is 10.7. The minimum absolute atomic E-state index is 0.0188. The van der Waals surface area contributed by atoms with Gasteiger partial charge in [-0.2, -0.15) is 0 Å². The third-order valence-corrected chi connectivity index (χ3v) is 5.41. The Bertz CT molecular complexity index is 796. The van der Waals surface area contributed by atoms with Crippen LogP contribution in [0.5, 0.6) is 5.75 Å². The summed E-state index contributed by atoms with van der Waals surface area (Å²) in [5.41, 5.74) is 3.28. The fourth-order valence-corrected chi connectivity index (χ4v) is 4.07. The molecule has 2 unspecified atom stereocenters. The Morgan fingerprint density at radius 1 is 1.29 bits per heavy atom. The van der Waals surface area contributed by atoms with Gasteiger partial charge in [-0.05, 0) is 19.9 Å². The molecule has 0 aliphatic carbocycles. The average Bonchev–Trinajstić information content (AvgIpc) is 2.89. The maximum absolute atomic E-state index is 10.7. The highest BCUT2D eigenvalue weighted by molar-refractivity contribution is 5.44. The largest absolute Gasteiger partial charge is 0.496 e. The second-order valence-corrected chi connectivity index (χ2v) is 6.65. The van der Waals surface area contributed by atoms with E-state index in [1.165, 1.54) is 5.69 Å². The third-order valence-electron chi connectivity index (χ3n) is 5.41. The van der Waals surface area contributed by atoms with E-state index in [2.05, 4.69) is 35.1 Å². The summed E-state index contributed by atoms with van der Waals surface area (Å²) in [7, 11) is 1.68. The predicted molar refractivity (Wildman–Crippen MR) is 93.0 cm³/mol. The van der Waals surface area contributed by atoms with Gasteiger partial charge in [0.1, 0.15) is 11.6 Å². The van der Waals surface area contributed by atoms with Gasteiger partial charge in [0.05, 0.1) is 24.9 Å². The van der Waals surface area contributed by atoms with E-state index in [1.54, 1.807) is 7.11 Å². The number of fused-ring (bicyclic) bond motifs is 3. The fraction of sp³-hybridized carbons (Fsp3) is 0.421. The number of methoxy groups -OCH3 is 1. The first kappa shape index (κ1) is 15.4. The van der Waals surface area contributed by atoms with Crippen LogP contribution in [0.2, 0.25) is 0 Å². The number of benzene rings is 1. The van der Waals surface area contributed by atoms with E-state index in [4.69, 9.17) is 9.72 Å². The SMILES string of the molecule is COc1ccccc1[C@@H]1C2C=Cn3c(nc(C)c3C)C2NC[C@@H]1O. The van der Waals surface area contributed by atoms with Crippen molar-refractivity contribution in [3.8, 4) is 5.75 Å². The lowest BCUT2D eigenvalue weighted by atomic mass is 9.73. The van der Waals surface area contributed by atoms with Gasteiger partial charge >= 0.3 is 0 Å². The summed E-state index contributed by atoms with van der Waals surface area (Å²) in [6.07, 6.45) is 3.82. The number of para-hydroxylation sites is 1. The molecule has 4 atom stereocenters. The van der Waals surface area contributed by atoms with Gasteiger partial charge in [-0.1, -0.05) is 24.3 Å². The summed E-state index contributed by atoms with van der Waals surface area (Å²) >= 11 is 0. The highest BCUT2D eigenvalue weighted by Crippen LogP contribution is 2.45. The van der Waals surface area contributed by atoms with Gasteiger partial charge in [0.2, 0.25) is 0 Å². The lowest BCUT2D eigenvalue weighted by molar-refractivity contribution is 0.0735. The summed E-state index contributed by atoms with van der Waals surface area (Å²) in [4.78, 5) is 4.77. The van der Waals surface area contributed by atoms with Crippen molar-refractivity contribution in [1.29, 1.82) is 0 Å². The van der Waals surface area contributed by atoms with E-state index in [0.29, 0.717) is 6.54 Å². The molecule has 0 saturated carbocycles. The zero-order chi connectivity index (χ0) is 16.8. The van der Waals surface area contributed by atoms with Crippen molar-refractivity contribution in [3.63, 3.8) is 0 Å². The number of β-amino-alcohol motifs (C(OH)–C–C–N with tert-alkyl or cyclic N) is 1. The van der Waals surface area contributed by atoms with Crippen molar-refractivity contribution in [2.45, 2.75) is 31.9 Å². The van der Waals surface area contributed by atoms with Crippen molar-refractivity contribution in [2.24, 2.45) is 5.92 Å². The van der Waals surface area contributed by atoms with Crippen molar-refractivity contribution in [1.82, 2.24) is 14.9 Å². The number of nitrogens with zero attached hydrogens (tertiary/aromatic N) is 2. The lowest BCUT2D eigenvalue weighted by Gasteiger charge is -2.42. The first-order valence-electron chi connectivity index (χ1n) is 8.40. The number of nitrogens with one attached hydrogen (secondary N) is 1. The number of imidazole rings is 1. The molecule has 24 heavy (non-hydrogen) atoms. The van der Waals surface area contributed by atoms with E-state index in [0.717, 1.165) is 22.8 Å². The molecule has 0 bridgehead atoms. The van der Waals surface area contributed by atoms with Crippen LogP contribution in [0.1, 0.15) is 34.7 Å². The Kier molecular flexibility index (Phi) is 3.70. The number of aliphatic hydroxyl groups excluding tert-OH is 1. The Balaban J connectivity index is 1.79. The maximum Gasteiger partial charge on any atom is 0.131 e. The standard InChI is InChI=1S/C19H23N3O2/c1-11-12(2)22-9-8-14-17(13-6-4-5-7-16(13)24-3)15(23)10-20-18(14)19(22)21-11/h4-9,14-15,17-18,20,23H,10H2,1-3H3/t14?,15-,17+,18?/m0/s1. The van der Waals surface area contributed by atoms with E-state index < -0.39 is 6.10 Å². The number of aliphatic hydroxyl groups is 1. The first-order valence-corrected chi connectivity index (χ1v) is 8.40. The molecule has 2 N–H and O–H groups in total. The normalized spacial score (nSPS) is 28.3. The van der Waals surface area contributed by atoms with Gasteiger partial charge in [-0.3, -0.25) is 0 Å². The molecule has 1 aromatic heterocycles. The van der Waals surface area contributed by atoms with E-state index >= 15 is 0 Å². The highest BCUT2D eigenvalue weighted by atomic mass is 16.5. The highest BCUT2D eigenvalue weighted by Gasteiger charge is 2.43. The van der Waals surface area contributed by atoms with Crippen LogP contribution >= 0.6 is 0 Å². The smallest absolute Gasteiger partial charge is 0.131 e. The van der Waals surface area contributed by atoms with Crippen LogP contribution in [-0.4, -0.2) is 34.4 Å². The van der Waals surface area contributed by atoms with Gasteiger partial charge in [-0.25, -0.2) is 4.98 Å². The monoisotopic (exact) mass is 325 g/mol. The molecule has 2 aliphatic rings. The van der Waals surface area contributed by atoms with Crippen LogP contribution in [0.3, 0.4) is 0 Å². The predicted octanol–water partition coefficient (Wildman–Crippen LogP) is 2.40. The number of hydrogen-bond donors (Lipinski definition) is 2. The number of piperidine rings is 1. The minimum atomic E-state index is -0.462. The Hall–Kier alpha value is -2.11. The van der Waals surface area contributed by atoms with Crippen molar-refractivity contribution in [3.05, 3.63) is 53.1 Å². The van der Waals surface area contributed by atoms with Crippen LogP contribution in [0, 0.1) is 19.8 Å². The fourth-order valence-electron chi connectivity index (χ4n) is 4.07. The van der Waals surface area contributed by atoms with Crippen LogP contribution in [0.15, 0.2) is 30.3 Å². The van der Waals surface area contributed by atoms with Crippen LogP contribution in [-0.2, 0) is 0 Å². The van der Waals surface area contributed by atoms with Crippen LogP contribution in [0.25, 0.3) is 6.20 Å². The Morgan fingerprint density at radius 3 is 2.88 bits per heavy atom. The van der Waals surface area contributed by atoms with E-state index in [9.17, 15) is 5.11 Å². The molecule has 126 valence electrons. The zero-order valence-corrected chi connectivity index (χ0v) is 14.2. The van der Waals surface area contributed by atoms with Gasteiger partial charge < -0.3 is 19.7 Å². The summed E-state index contributed by atoms with van der Waals surface area (Å²) in [6, 6.07) is 8.08. The molecular formula is C19H23N3O2. The summed E-state index contributed by atoms with van der Waals surface area (Å²) in [5.74, 6) is 1.98. The number of hydrogen-bond acceptors (Lipinski definition) is 4. The molecular weight excluding hydrogens is 302 g/mol. The molecule has 3 heterocycles. The average molecular weight is 325 g/mol. The number of aryl methyl sites for hydroxylation is 1.